The van der Waals surface area contributed by atoms with Gasteiger partial charge in [0.2, 0.25) is 17.7 Å². The summed E-state index contributed by atoms with van der Waals surface area (Å²) in [6, 6.07) is 0. The third-order valence-corrected chi connectivity index (χ3v) is 4.16. The van der Waals surface area contributed by atoms with Crippen molar-refractivity contribution in [3.63, 3.8) is 0 Å². The molecule has 1 N–H and O–H groups in total. The molecule has 2 saturated heterocycles. The van der Waals surface area contributed by atoms with Crippen LogP contribution in [0.5, 0.6) is 0 Å². The van der Waals surface area contributed by atoms with Crippen molar-refractivity contribution in [1.82, 2.24) is 14.7 Å². The number of carbonyl (C=O) groups is 3. The molecule has 1 aromatic rings. The highest BCUT2D eigenvalue weighted by molar-refractivity contribution is 6.06. The molecular formula is C15H20N4O4. The van der Waals surface area contributed by atoms with Gasteiger partial charge in [0.15, 0.2) is 0 Å². The third kappa shape index (κ3) is 3.95. The maximum Gasteiger partial charge on any atom is 0.244 e. The lowest BCUT2D eigenvalue weighted by Crippen LogP contribution is -2.36. The van der Waals surface area contributed by atoms with Crippen LogP contribution in [-0.4, -0.2) is 52.2 Å². The van der Waals surface area contributed by atoms with Crippen molar-refractivity contribution in [2.24, 2.45) is 5.92 Å². The fraction of sp³-hybridized carbons (Fsp3) is 0.600. The molecular weight excluding hydrogens is 300 g/mol. The van der Waals surface area contributed by atoms with E-state index in [2.05, 4.69) is 10.4 Å². The summed E-state index contributed by atoms with van der Waals surface area (Å²) in [7, 11) is 0. The van der Waals surface area contributed by atoms with Crippen molar-refractivity contribution < 1.29 is 19.1 Å². The molecule has 0 radical (unpaired) electrons. The predicted octanol–water partition coefficient (Wildman–Crippen LogP) is 0.397. The highest BCUT2D eigenvalue weighted by Gasteiger charge is 2.30. The number of rotatable bonds is 5. The van der Waals surface area contributed by atoms with Gasteiger partial charge in [-0.3, -0.25) is 24.0 Å². The lowest BCUT2D eigenvalue weighted by atomic mass is 10.0. The van der Waals surface area contributed by atoms with Gasteiger partial charge in [0.25, 0.3) is 0 Å². The quantitative estimate of drug-likeness (QED) is 0.793. The Labute approximate surface area is 133 Å². The molecule has 0 bridgehead atoms. The molecule has 2 fully saturated rings. The van der Waals surface area contributed by atoms with E-state index in [-0.39, 0.29) is 37.1 Å². The molecule has 0 aromatic carbocycles. The maximum absolute atomic E-state index is 11.9. The molecule has 1 aromatic heterocycles. The summed E-state index contributed by atoms with van der Waals surface area (Å²) in [5, 5.41) is 6.91. The molecule has 0 aliphatic carbocycles. The van der Waals surface area contributed by atoms with Gasteiger partial charge in [-0.2, -0.15) is 5.10 Å². The molecule has 8 heteroatoms. The number of hydrogen-bond acceptors (Lipinski definition) is 5. The average molecular weight is 320 g/mol. The van der Waals surface area contributed by atoms with Gasteiger partial charge in [0.1, 0.15) is 6.54 Å². The SMILES string of the molecule is O=C(CN1C(=O)CCC1=O)Nc1cnn(CC2CCOCC2)c1. The zero-order valence-corrected chi connectivity index (χ0v) is 12.9. The Bertz CT molecular complexity index is 590. The van der Waals surface area contributed by atoms with E-state index in [9.17, 15) is 14.4 Å². The number of nitrogens with zero attached hydrogens (tertiary/aromatic N) is 3. The van der Waals surface area contributed by atoms with Gasteiger partial charge in [-0.05, 0) is 18.8 Å². The summed E-state index contributed by atoms with van der Waals surface area (Å²) < 4.78 is 7.13. The smallest absolute Gasteiger partial charge is 0.244 e. The van der Waals surface area contributed by atoms with Crippen LogP contribution in [0.25, 0.3) is 0 Å². The number of imide groups is 1. The number of likely N-dealkylation sites (tertiary alicyclic amines) is 1. The van der Waals surface area contributed by atoms with Crippen LogP contribution in [0.2, 0.25) is 0 Å². The van der Waals surface area contributed by atoms with Crippen molar-refractivity contribution in [1.29, 1.82) is 0 Å². The molecule has 0 spiro atoms. The topological polar surface area (TPSA) is 93.5 Å². The second-order valence-electron chi connectivity index (χ2n) is 5.93. The Balaban J connectivity index is 1.51. The lowest BCUT2D eigenvalue weighted by molar-refractivity contribution is -0.141. The second kappa shape index (κ2) is 6.91. The predicted molar refractivity (Wildman–Crippen MR) is 80.4 cm³/mol. The highest BCUT2D eigenvalue weighted by Crippen LogP contribution is 2.17. The average Bonchev–Trinajstić information content (AvgIpc) is 3.09. The minimum atomic E-state index is -0.390. The van der Waals surface area contributed by atoms with E-state index in [0.717, 1.165) is 37.5 Å². The highest BCUT2D eigenvalue weighted by atomic mass is 16.5. The van der Waals surface area contributed by atoms with E-state index < -0.39 is 0 Å². The summed E-state index contributed by atoms with van der Waals surface area (Å²) >= 11 is 0. The van der Waals surface area contributed by atoms with Crippen LogP contribution >= 0.6 is 0 Å². The van der Waals surface area contributed by atoms with Crippen LogP contribution in [0.3, 0.4) is 0 Å². The van der Waals surface area contributed by atoms with Gasteiger partial charge in [-0.1, -0.05) is 0 Å². The number of hydrogen-bond donors (Lipinski definition) is 1. The number of nitrogens with one attached hydrogen (secondary N) is 1. The van der Waals surface area contributed by atoms with Gasteiger partial charge < -0.3 is 10.1 Å². The molecule has 124 valence electrons. The largest absolute Gasteiger partial charge is 0.381 e. The fourth-order valence-electron chi connectivity index (χ4n) is 2.86. The molecule has 3 rings (SSSR count). The molecule has 8 nitrogen and oxygen atoms in total. The molecule has 2 aliphatic heterocycles. The zero-order valence-electron chi connectivity index (χ0n) is 12.9. The first-order valence-corrected chi connectivity index (χ1v) is 7.85. The van der Waals surface area contributed by atoms with Crippen LogP contribution in [-0.2, 0) is 25.7 Å². The van der Waals surface area contributed by atoms with E-state index in [1.165, 1.54) is 0 Å². The number of aromatic nitrogens is 2. The van der Waals surface area contributed by atoms with Crippen LogP contribution in [0.15, 0.2) is 12.4 Å². The molecule has 2 aliphatic rings. The van der Waals surface area contributed by atoms with Crippen LogP contribution in [0.4, 0.5) is 5.69 Å². The molecule has 3 heterocycles. The molecule has 0 atom stereocenters. The standard InChI is InChI=1S/C15H20N4O4/c20-13(10-19-14(21)1-2-15(19)22)17-12-7-16-18(9-12)8-11-3-5-23-6-4-11/h7,9,11H,1-6,8,10H2,(H,17,20). The number of anilines is 1. The molecule has 3 amide bonds. The van der Waals surface area contributed by atoms with Crippen molar-refractivity contribution in [3.05, 3.63) is 12.4 Å². The summed E-state index contributed by atoms with van der Waals surface area (Å²) in [4.78, 5) is 35.9. The number of ether oxygens (including phenoxy) is 1. The van der Waals surface area contributed by atoms with Crippen molar-refractivity contribution in [3.8, 4) is 0 Å². The lowest BCUT2D eigenvalue weighted by Gasteiger charge is -2.21. The van der Waals surface area contributed by atoms with E-state index in [0.29, 0.717) is 11.6 Å². The zero-order chi connectivity index (χ0) is 16.2. The Morgan fingerprint density at radius 3 is 2.65 bits per heavy atom. The van der Waals surface area contributed by atoms with Gasteiger partial charge in [-0.15, -0.1) is 0 Å². The monoisotopic (exact) mass is 320 g/mol. The first-order valence-electron chi connectivity index (χ1n) is 7.85. The van der Waals surface area contributed by atoms with Crippen molar-refractivity contribution in [2.45, 2.75) is 32.2 Å². The fourth-order valence-corrected chi connectivity index (χ4v) is 2.86. The first kappa shape index (κ1) is 15.7. The third-order valence-electron chi connectivity index (χ3n) is 4.16. The Morgan fingerprint density at radius 2 is 1.96 bits per heavy atom. The normalized spacial score (nSPS) is 19.4. The van der Waals surface area contributed by atoms with Crippen molar-refractivity contribution in [2.75, 3.05) is 25.1 Å². The Morgan fingerprint density at radius 1 is 1.26 bits per heavy atom. The molecule has 0 unspecified atom stereocenters. The van der Waals surface area contributed by atoms with Crippen LogP contribution in [0, 0.1) is 5.92 Å². The van der Waals surface area contributed by atoms with E-state index in [4.69, 9.17) is 4.74 Å². The van der Waals surface area contributed by atoms with Gasteiger partial charge in [-0.25, -0.2) is 0 Å². The first-order chi connectivity index (χ1) is 11.1. The van der Waals surface area contributed by atoms with Crippen LogP contribution < -0.4 is 5.32 Å². The van der Waals surface area contributed by atoms with E-state index in [1.54, 1.807) is 17.1 Å². The summed E-state index contributed by atoms with van der Waals surface area (Å²) in [6.45, 7) is 2.13. The second-order valence-corrected chi connectivity index (χ2v) is 5.93. The van der Waals surface area contributed by atoms with Gasteiger partial charge >= 0.3 is 0 Å². The summed E-state index contributed by atoms with van der Waals surface area (Å²) in [5.41, 5.74) is 0.571. The van der Waals surface area contributed by atoms with E-state index in [1.807, 2.05) is 0 Å². The summed E-state index contributed by atoms with van der Waals surface area (Å²) in [6.07, 6.45) is 5.75. The minimum absolute atomic E-state index is 0.190. The molecule has 0 saturated carbocycles. The minimum Gasteiger partial charge on any atom is -0.381 e. The van der Waals surface area contributed by atoms with E-state index >= 15 is 0 Å². The summed E-state index contributed by atoms with van der Waals surface area (Å²) in [5.74, 6) is -0.438. The number of carbonyl (C=O) groups excluding carboxylic acids is 3. The van der Waals surface area contributed by atoms with Gasteiger partial charge in [0.05, 0.1) is 11.9 Å². The Kier molecular flexibility index (Phi) is 4.71. The number of amides is 3. The Hall–Kier alpha value is -2.22. The maximum atomic E-state index is 11.9. The van der Waals surface area contributed by atoms with Crippen LogP contribution in [0.1, 0.15) is 25.7 Å². The molecule has 23 heavy (non-hydrogen) atoms. The van der Waals surface area contributed by atoms with Gasteiger partial charge in [0, 0.05) is 38.8 Å². The van der Waals surface area contributed by atoms with Crippen molar-refractivity contribution >= 4 is 23.4 Å².